The summed E-state index contributed by atoms with van der Waals surface area (Å²) in [6.45, 7) is 0. The van der Waals surface area contributed by atoms with Crippen molar-refractivity contribution in [3.63, 3.8) is 0 Å². The number of fused-ring (bicyclic) bond motifs is 2. The van der Waals surface area contributed by atoms with E-state index >= 15 is 0 Å². The van der Waals surface area contributed by atoms with Crippen molar-refractivity contribution >= 4 is 28.8 Å². The fourth-order valence-electron chi connectivity index (χ4n) is 4.46. The molecule has 4 aromatic carbocycles. The van der Waals surface area contributed by atoms with E-state index in [1.807, 2.05) is 36.0 Å². The van der Waals surface area contributed by atoms with Gasteiger partial charge in [0.05, 0.1) is 17.1 Å². The molecule has 0 fully saturated rings. The number of hydrogen-bond acceptors (Lipinski definition) is 4. The van der Waals surface area contributed by atoms with E-state index in [4.69, 9.17) is 0 Å². The van der Waals surface area contributed by atoms with Crippen LogP contribution in [0.4, 0.5) is 17.1 Å². The molecule has 3 nitrogen and oxygen atoms in total. The van der Waals surface area contributed by atoms with Crippen LogP contribution in [0.2, 0.25) is 0 Å². The lowest BCUT2D eigenvalue weighted by atomic mass is 9.96. The minimum Gasteiger partial charge on any atom is -0.308 e. The van der Waals surface area contributed by atoms with Gasteiger partial charge in [0.25, 0.3) is 0 Å². The maximum atomic E-state index is 9.55. The molecule has 0 radical (unpaired) electrons. The first-order valence-electron chi connectivity index (χ1n) is 11.0. The second-order valence-electron chi connectivity index (χ2n) is 7.98. The highest BCUT2D eigenvalue weighted by molar-refractivity contribution is 7.99. The molecule has 1 aliphatic rings. The molecule has 1 aromatic heterocycles. The molecule has 34 heavy (non-hydrogen) atoms. The van der Waals surface area contributed by atoms with Gasteiger partial charge in [-0.3, -0.25) is 0 Å². The normalized spacial score (nSPS) is 11.9. The van der Waals surface area contributed by atoms with Crippen LogP contribution in [0.5, 0.6) is 0 Å². The third-order valence-electron chi connectivity index (χ3n) is 5.98. The van der Waals surface area contributed by atoms with Gasteiger partial charge in [-0.2, -0.15) is 5.26 Å². The fourth-order valence-corrected chi connectivity index (χ4v) is 5.52. The number of nitrogens with zero attached hydrogens (tertiary/aromatic N) is 3. The molecule has 6 rings (SSSR count). The Balaban J connectivity index is 1.54. The summed E-state index contributed by atoms with van der Waals surface area (Å²) in [5.74, 6) is 0. The van der Waals surface area contributed by atoms with Crippen LogP contribution in [0, 0.1) is 11.3 Å². The molecule has 0 saturated heterocycles. The highest BCUT2D eigenvalue weighted by Crippen LogP contribution is 2.52. The standard InChI is InChI=1S/C30H19N3S/c31-20-25-23(12-8-18-32-25)21-9-7-10-22(19-21)24-11-1-2-13-26(24)33-27-14-3-5-16-29(27)34-30-17-6-4-15-28(30)33/h1-19H. The van der Waals surface area contributed by atoms with Gasteiger partial charge in [-0.1, -0.05) is 72.4 Å². The van der Waals surface area contributed by atoms with Crippen LogP contribution in [-0.4, -0.2) is 4.98 Å². The monoisotopic (exact) mass is 453 g/mol. The van der Waals surface area contributed by atoms with Gasteiger partial charge in [0.15, 0.2) is 0 Å². The highest BCUT2D eigenvalue weighted by Gasteiger charge is 2.26. The number of para-hydroxylation sites is 3. The van der Waals surface area contributed by atoms with E-state index in [0.717, 1.165) is 27.9 Å². The van der Waals surface area contributed by atoms with Crippen molar-refractivity contribution in [3.8, 4) is 28.3 Å². The Morgan fingerprint density at radius 1 is 0.618 bits per heavy atom. The van der Waals surface area contributed by atoms with Crippen LogP contribution < -0.4 is 4.90 Å². The van der Waals surface area contributed by atoms with Crippen molar-refractivity contribution in [2.24, 2.45) is 0 Å². The van der Waals surface area contributed by atoms with Gasteiger partial charge < -0.3 is 4.90 Å². The van der Waals surface area contributed by atoms with Crippen LogP contribution in [-0.2, 0) is 0 Å². The van der Waals surface area contributed by atoms with E-state index in [1.165, 1.54) is 21.2 Å². The predicted molar refractivity (Wildman–Crippen MR) is 139 cm³/mol. The molecule has 0 saturated carbocycles. The third kappa shape index (κ3) is 3.44. The van der Waals surface area contributed by atoms with Crippen LogP contribution >= 0.6 is 11.8 Å². The minimum absolute atomic E-state index is 0.434. The summed E-state index contributed by atoms with van der Waals surface area (Å²) >= 11 is 1.81. The van der Waals surface area contributed by atoms with Crippen LogP contribution in [0.3, 0.4) is 0 Å². The average Bonchev–Trinajstić information content (AvgIpc) is 2.92. The second-order valence-corrected chi connectivity index (χ2v) is 9.07. The van der Waals surface area contributed by atoms with E-state index in [-0.39, 0.29) is 0 Å². The van der Waals surface area contributed by atoms with Gasteiger partial charge in [-0.15, -0.1) is 0 Å². The number of rotatable bonds is 3. The molecule has 1 aliphatic heterocycles. The maximum absolute atomic E-state index is 9.55. The van der Waals surface area contributed by atoms with Crippen molar-refractivity contribution in [2.45, 2.75) is 9.79 Å². The van der Waals surface area contributed by atoms with E-state index in [9.17, 15) is 5.26 Å². The summed E-state index contributed by atoms with van der Waals surface area (Å²) in [5.41, 5.74) is 7.94. The zero-order valence-electron chi connectivity index (χ0n) is 18.2. The molecule has 160 valence electrons. The number of pyridine rings is 1. The first-order chi connectivity index (χ1) is 16.8. The number of anilines is 3. The van der Waals surface area contributed by atoms with Gasteiger partial charge >= 0.3 is 0 Å². The summed E-state index contributed by atoms with van der Waals surface area (Å²) in [5, 5.41) is 9.55. The van der Waals surface area contributed by atoms with Crippen molar-refractivity contribution in [2.75, 3.05) is 4.90 Å². The summed E-state index contributed by atoms with van der Waals surface area (Å²) in [6, 6.07) is 40.0. The molecule has 0 unspecified atom stereocenters. The van der Waals surface area contributed by atoms with Gasteiger partial charge in [0.2, 0.25) is 0 Å². The van der Waals surface area contributed by atoms with Crippen molar-refractivity contribution in [1.82, 2.24) is 4.98 Å². The van der Waals surface area contributed by atoms with Gasteiger partial charge in [-0.05, 0) is 59.7 Å². The Hall–Kier alpha value is -4.33. The first kappa shape index (κ1) is 20.3. The van der Waals surface area contributed by atoms with Crippen LogP contribution in [0.1, 0.15) is 5.69 Å². The number of benzene rings is 4. The Kier molecular flexibility index (Phi) is 5.10. The second kappa shape index (κ2) is 8.55. The van der Waals surface area contributed by atoms with E-state index in [0.29, 0.717) is 5.69 Å². The molecular formula is C30H19N3S. The molecule has 0 amide bonds. The molecule has 4 heteroatoms. The Morgan fingerprint density at radius 3 is 1.91 bits per heavy atom. The highest BCUT2D eigenvalue weighted by atomic mass is 32.2. The topological polar surface area (TPSA) is 39.9 Å². The third-order valence-corrected chi connectivity index (χ3v) is 7.11. The zero-order valence-corrected chi connectivity index (χ0v) is 19.0. The molecule has 0 aliphatic carbocycles. The first-order valence-corrected chi connectivity index (χ1v) is 11.9. The van der Waals surface area contributed by atoms with Crippen molar-refractivity contribution in [3.05, 3.63) is 121 Å². The number of hydrogen-bond donors (Lipinski definition) is 0. The maximum Gasteiger partial charge on any atom is 0.148 e. The van der Waals surface area contributed by atoms with Crippen molar-refractivity contribution < 1.29 is 0 Å². The Bertz CT molecular complexity index is 1520. The zero-order chi connectivity index (χ0) is 22.9. The molecule has 0 N–H and O–H groups in total. The molecular weight excluding hydrogens is 434 g/mol. The lowest BCUT2D eigenvalue weighted by molar-refractivity contribution is 1.17. The van der Waals surface area contributed by atoms with Crippen molar-refractivity contribution in [1.29, 1.82) is 5.26 Å². The lowest BCUT2D eigenvalue weighted by Gasteiger charge is -2.34. The lowest BCUT2D eigenvalue weighted by Crippen LogP contribution is -2.15. The predicted octanol–water partition coefficient (Wildman–Crippen LogP) is 8.22. The average molecular weight is 454 g/mol. The smallest absolute Gasteiger partial charge is 0.148 e. The fraction of sp³-hybridized carbons (Fsp3) is 0. The summed E-state index contributed by atoms with van der Waals surface area (Å²) in [6.07, 6.45) is 1.66. The summed E-state index contributed by atoms with van der Waals surface area (Å²) < 4.78 is 0. The molecule has 0 bridgehead atoms. The molecule has 0 spiro atoms. The van der Waals surface area contributed by atoms with E-state index in [1.54, 1.807) is 6.20 Å². The quantitative estimate of drug-likeness (QED) is 0.271. The Morgan fingerprint density at radius 2 is 1.21 bits per heavy atom. The van der Waals surface area contributed by atoms with Gasteiger partial charge in [-0.25, -0.2) is 4.98 Å². The van der Waals surface area contributed by atoms with Gasteiger partial charge in [0, 0.05) is 27.1 Å². The number of aromatic nitrogens is 1. The molecule has 0 atom stereocenters. The van der Waals surface area contributed by atoms with E-state index < -0.39 is 0 Å². The molecule has 5 aromatic rings. The summed E-state index contributed by atoms with van der Waals surface area (Å²) in [7, 11) is 0. The molecule has 2 heterocycles. The van der Waals surface area contributed by atoms with Crippen LogP contribution in [0.25, 0.3) is 22.3 Å². The van der Waals surface area contributed by atoms with Gasteiger partial charge in [0.1, 0.15) is 11.8 Å². The number of nitriles is 1. The largest absolute Gasteiger partial charge is 0.308 e. The Labute approximate surface area is 203 Å². The van der Waals surface area contributed by atoms with Crippen LogP contribution in [0.15, 0.2) is 125 Å². The summed E-state index contributed by atoms with van der Waals surface area (Å²) in [4.78, 5) is 9.07. The minimum atomic E-state index is 0.434. The SMILES string of the molecule is N#Cc1ncccc1-c1cccc(-c2ccccc2N2c3ccccc3Sc3ccccc32)c1. The van der Waals surface area contributed by atoms with E-state index in [2.05, 4.69) is 101 Å².